The quantitative estimate of drug-likeness (QED) is 0.0261. The summed E-state index contributed by atoms with van der Waals surface area (Å²) in [5, 5.41) is 0. The predicted octanol–water partition coefficient (Wildman–Crippen LogP) is 22.0. The standard InChI is InChI=1S/C71H118O6/c1-4-7-10-13-16-19-22-24-26-27-28-29-30-31-32-33-34-35-36-37-38-39-40-41-42-43-45-46-49-52-55-58-61-64-70(73)76-67-68(66-75-69(72)63-60-57-54-51-48-21-18-15-12-9-6-3)77-71(74)65-62-59-56-53-50-47-44-25-23-20-17-14-11-8-5-2/h7,10,16,19,24-26,28-29,31-32,34-35,37-38,40-41,43-45,68H,4-6,8-9,11-15,17-18,20-23,27,30,33,36,39,42,46-67H2,1-3H3/b10-7-,19-16-,26-24-,29-28-,32-31-,35-34-,38-37-,41-40-,44-25-,45-43-. The Morgan fingerprint density at radius 1 is 0.273 bits per heavy atom. The summed E-state index contributed by atoms with van der Waals surface area (Å²) in [6.07, 6.45) is 89.2. The highest BCUT2D eigenvalue weighted by Crippen LogP contribution is 2.15. The first-order valence-corrected chi connectivity index (χ1v) is 32.0. The lowest BCUT2D eigenvalue weighted by atomic mass is 10.1. The minimum Gasteiger partial charge on any atom is -0.462 e. The van der Waals surface area contributed by atoms with Gasteiger partial charge in [-0.15, -0.1) is 0 Å². The SMILES string of the molecule is CC/C=C\C/C=C\C/C=C\C/C=C\C/C=C\C/C=C\C/C=C\C/C=C\C/C=C\CCCCCCCC(=O)OCC(COC(=O)CCCCCCCCCCCCC)OC(=O)CCCCCCC/C=C\CCCCCCCC. The third-order valence-electron chi connectivity index (χ3n) is 13.5. The molecular formula is C71H118O6. The molecule has 77 heavy (non-hydrogen) atoms. The lowest BCUT2D eigenvalue weighted by molar-refractivity contribution is -0.167. The lowest BCUT2D eigenvalue weighted by Gasteiger charge is -2.18. The van der Waals surface area contributed by atoms with Gasteiger partial charge in [-0.05, 0) is 116 Å². The molecule has 0 aliphatic rings. The van der Waals surface area contributed by atoms with Crippen molar-refractivity contribution >= 4 is 17.9 Å². The van der Waals surface area contributed by atoms with Crippen molar-refractivity contribution in [3.8, 4) is 0 Å². The third kappa shape index (κ3) is 62.5. The number of hydrogen-bond acceptors (Lipinski definition) is 6. The summed E-state index contributed by atoms with van der Waals surface area (Å²) < 4.78 is 16.9. The Kier molecular flexibility index (Phi) is 60.8. The maximum absolute atomic E-state index is 12.9. The number of hydrogen-bond donors (Lipinski definition) is 0. The van der Waals surface area contributed by atoms with Crippen LogP contribution in [0.1, 0.15) is 290 Å². The van der Waals surface area contributed by atoms with Crippen LogP contribution in [0.4, 0.5) is 0 Å². The third-order valence-corrected chi connectivity index (χ3v) is 13.5. The van der Waals surface area contributed by atoms with Crippen LogP contribution in [0, 0.1) is 0 Å². The van der Waals surface area contributed by atoms with Gasteiger partial charge >= 0.3 is 17.9 Å². The topological polar surface area (TPSA) is 78.9 Å². The van der Waals surface area contributed by atoms with Crippen LogP contribution in [0.5, 0.6) is 0 Å². The van der Waals surface area contributed by atoms with Gasteiger partial charge in [0.15, 0.2) is 6.10 Å². The molecule has 0 saturated carbocycles. The van der Waals surface area contributed by atoms with Crippen LogP contribution in [0.15, 0.2) is 122 Å². The van der Waals surface area contributed by atoms with E-state index in [4.69, 9.17) is 14.2 Å². The van der Waals surface area contributed by atoms with Crippen molar-refractivity contribution in [1.82, 2.24) is 0 Å². The largest absolute Gasteiger partial charge is 0.462 e. The van der Waals surface area contributed by atoms with Crippen LogP contribution in [0.2, 0.25) is 0 Å². The van der Waals surface area contributed by atoms with Crippen LogP contribution in [0.3, 0.4) is 0 Å². The van der Waals surface area contributed by atoms with Gasteiger partial charge < -0.3 is 14.2 Å². The molecular weight excluding hydrogens is 949 g/mol. The molecule has 0 aromatic carbocycles. The average molecular weight is 1070 g/mol. The minimum atomic E-state index is -0.791. The van der Waals surface area contributed by atoms with Crippen molar-refractivity contribution in [1.29, 1.82) is 0 Å². The summed E-state index contributed by atoms with van der Waals surface area (Å²) >= 11 is 0. The number of carbonyl (C=O) groups excluding carboxylic acids is 3. The molecule has 0 fully saturated rings. The molecule has 1 atom stereocenters. The van der Waals surface area contributed by atoms with E-state index in [1.54, 1.807) is 0 Å². The van der Waals surface area contributed by atoms with Crippen molar-refractivity contribution in [2.45, 2.75) is 297 Å². The first kappa shape index (κ1) is 72.8. The molecule has 0 spiro atoms. The van der Waals surface area contributed by atoms with Crippen molar-refractivity contribution in [2.24, 2.45) is 0 Å². The second-order valence-corrected chi connectivity index (χ2v) is 20.9. The van der Waals surface area contributed by atoms with Crippen molar-refractivity contribution in [3.63, 3.8) is 0 Å². The van der Waals surface area contributed by atoms with Crippen molar-refractivity contribution in [3.05, 3.63) is 122 Å². The molecule has 0 aliphatic carbocycles. The summed E-state index contributed by atoms with van der Waals surface area (Å²) in [5.74, 6) is -0.912. The Balaban J connectivity index is 4.28. The number of ether oxygens (including phenoxy) is 3. The predicted molar refractivity (Wildman–Crippen MR) is 334 cm³/mol. The number of rotatable bonds is 57. The molecule has 6 nitrogen and oxygen atoms in total. The lowest BCUT2D eigenvalue weighted by Crippen LogP contribution is -2.30. The van der Waals surface area contributed by atoms with Gasteiger partial charge in [-0.25, -0.2) is 0 Å². The van der Waals surface area contributed by atoms with E-state index in [1.165, 1.54) is 103 Å². The van der Waals surface area contributed by atoms with Crippen molar-refractivity contribution in [2.75, 3.05) is 13.2 Å². The second kappa shape index (κ2) is 64.3. The summed E-state index contributed by atoms with van der Waals surface area (Å²) in [4.78, 5) is 38.2. The van der Waals surface area contributed by atoms with E-state index in [-0.39, 0.29) is 31.1 Å². The summed E-state index contributed by atoms with van der Waals surface area (Å²) in [7, 11) is 0. The number of esters is 3. The molecule has 0 aromatic heterocycles. The Bertz CT molecular complexity index is 1600. The van der Waals surface area contributed by atoms with E-state index in [9.17, 15) is 14.4 Å². The smallest absolute Gasteiger partial charge is 0.306 e. The molecule has 438 valence electrons. The zero-order valence-electron chi connectivity index (χ0n) is 50.2. The number of carbonyl (C=O) groups is 3. The van der Waals surface area contributed by atoms with E-state index in [0.717, 1.165) is 148 Å². The first-order chi connectivity index (χ1) is 38.0. The molecule has 0 radical (unpaired) electrons. The first-order valence-electron chi connectivity index (χ1n) is 32.0. The van der Waals surface area contributed by atoms with Crippen LogP contribution < -0.4 is 0 Å². The Labute approximate surface area is 475 Å². The van der Waals surface area contributed by atoms with Gasteiger partial charge in [-0.3, -0.25) is 14.4 Å². The molecule has 0 amide bonds. The van der Waals surface area contributed by atoms with Gasteiger partial charge in [0.2, 0.25) is 0 Å². The highest BCUT2D eigenvalue weighted by Gasteiger charge is 2.19. The van der Waals surface area contributed by atoms with E-state index < -0.39 is 6.10 Å². The van der Waals surface area contributed by atoms with Crippen LogP contribution >= 0.6 is 0 Å². The minimum absolute atomic E-state index is 0.0867. The highest BCUT2D eigenvalue weighted by molar-refractivity contribution is 5.71. The molecule has 6 heteroatoms. The highest BCUT2D eigenvalue weighted by atomic mass is 16.6. The van der Waals surface area contributed by atoms with Crippen LogP contribution in [-0.2, 0) is 28.6 Å². The van der Waals surface area contributed by atoms with E-state index in [0.29, 0.717) is 19.3 Å². The Morgan fingerprint density at radius 3 is 0.805 bits per heavy atom. The molecule has 0 saturated heterocycles. The van der Waals surface area contributed by atoms with E-state index >= 15 is 0 Å². The number of allylic oxidation sites excluding steroid dienone is 20. The maximum atomic E-state index is 12.9. The fraction of sp³-hybridized carbons (Fsp3) is 0.676. The molecule has 0 N–H and O–H groups in total. The molecule has 0 aromatic rings. The van der Waals surface area contributed by atoms with Gasteiger partial charge in [-0.2, -0.15) is 0 Å². The fourth-order valence-corrected chi connectivity index (χ4v) is 8.67. The average Bonchev–Trinajstić information content (AvgIpc) is 3.43. The fourth-order valence-electron chi connectivity index (χ4n) is 8.67. The summed E-state index contributed by atoms with van der Waals surface area (Å²) in [5.41, 5.74) is 0. The Hall–Kier alpha value is -4.19. The summed E-state index contributed by atoms with van der Waals surface area (Å²) in [6.45, 7) is 6.50. The van der Waals surface area contributed by atoms with Gasteiger partial charge in [0.1, 0.15) is 13.2 Å². The van der Waals surface area contributed by atoms with Gasteiger partial charge in [-0.1, -0.05) is 277 Å². The zero-order valence-corrected chi connectivity index (χ0v) is 50.2. The summed E-state index contributed by atoms with van der Waals surface area (Å²) in [6, 6.07) is 0. The maximum Gasteiger partial charge on any atom is 0.306 e. The monoisotopic (exact) mass is 1070 g/mol. The van der Waals surface area contributed by atoms with Gasteiger partial charge in [0.25, 0.3) is 0 Å². The molecule has 0 rings (SSSR count). The van der Waals surface area contributed by atoms with E-state index in [1.807, 2.05) is 0 Å². The molecule has 0 bridgehead atoms. The second-order valence-electron chi connectivity index (χ2n) is 20.9. The zero-order chi connectivity index (χ0) is 55.7. The molecule has 0 aliphatic heterocycles. The number of unbranched alkanes of at least 4 members (excludes halogenated alkanes) is 26. The normalized spacial score (nSPS) is 12.9. The molecule has 0 heterocycles. The Morgan fingerprint density at radius 2 is 0.506 bits per heavy atom. The van der Waals surface area contributed by atoms with Crippen LogP contribution in [-0.4, -0.2) is 37.2 Å². The van der Waals surface area contributed by atoms with Crippen LogP contribution in [0.25, 0.3) is 0 Å². The van der Waals surface area contributed by atoms with Gasteiger partial charge in [0.05, 0.1) is 0 Å². The molecule has 1 unspecified atom stereocenters. The van der Waals surface area contributed by atoms with E-state index in [2.05, 4.69) is 142 Å². The van der Waals surface area contributed by atoms with Gasteiger partial charge in [0, 0.05) is 19.3 Å². The van der Waals surface area contributed by atoms with Crippen molar-refractivity contribution < 1.29 is 28.6 Å².